The zero-order valence-electron chi connectivity index (χ0n) is 15.3. The van der Waals surface area contributed by atoms with Crippen LogP contribution in [0.5, 0.6) is 0 Å². The van der Waals surface area contributed by atoms with Crippen LogP contribution in [0.1, 0.15) is 42.0 Å². The van der Waals surface area contributed by atoms with Crippen molar-refractivity contribution >= 4 is 20.9 Å². The second-order valence-electron chi connectivity index (χ2n) is 7.80. The van der Waals surface area contributed by atoms with Crippen molar-refractivity contribution < 1.29 is 8.42 Å². The first-order chi connectivity index (χ1) is 13.1. The lowest BCUT2D eigenvalue weighted by Gasteiger charge is -2.20. The monoisotopic (exact) mass is 380 g/mol. The maximum atomic E-state index is 13.2. The minimum atomic E-state index is -3.42. The first-order valence-corrected chi connectivity index (χ1v) is 11.2. The standard InChI is InChI=1S/C22H24N2O2S/c25-27(26,20-10-9-16-5-1-2-6-17(16)13-20)24-12-11-19(15-24)22-14-18-7-3-4-8-21(18)23-22/h3-4,7-10,13-14,19,23H,1-2,5-6,11-12,15H2. The Bertz CT molecular complexity index is 1070. The molecule has 5 heteroatoms. The first kappa shape index (κ1) is 17.0. The van der Waals surface area contributed by atoms with Gasteiger partial charge in [0.15, 0.2) is 0 Å². The number of nitrogens with zero attached hydrogens (tertiary/aromatic N) is 1. The number of aromatic amines is 1. The Labute approximate surface area is 160 Å². The van der Waals surface area contributed by atoms with Crippen LogP contribution in [0.15, 0.2) is 53.4 Å². The van der Waals surface area contributed by atoms with Gasteiger partial charge in [0.05, 0.1) is 4.90 Å². The summed E-state index contributed by atoms with van der Waals surface area (Å²) in [4.78, 5) is 3.93. The topological polar surface area (TPSA) is 53.2 Å². The van der Waals surface area contributed by atoms with Crippen LogP contribution in [0.4, 0.5) is 0 Å². The normalized spacial score (nSPS) is 20.8. The number of hydrogen-bond acceptors (Lipinski definition) is 2. The Morgan fingerprint density at radius 2 is 1.78 bits per heavy atom. The maximum absolute atomic E-state index is 13.2. The third kappa shape index (κ3) is 2.99. The van der Waals surface area contributed by atoms with Crippen LogP contribution in [0.2, 0.25) is 0 Å². The van der Waals surface area contributed by atoms with E-state index in [1.165, 1.54) is 22.9 Å². The number of para-hydroxylation sites is 1. The van der Waals surface area contributed by atoms with E-state index in [-0.39, 0.29) is 5.92 Å². The average Bonchev–Trinajstić information content (AvgIpc) is 3.34. The van der Waals surface area contributed by atoms with E-state index >= 15 is 0 Å². The van der Waals surface area contributed by atoms with Crippen LogP contribution in [0, 0.1) is 0 Å². The summed E-state index contributed by atoms with van der Waals surface area (Å²) in [6.45, 7) is 1.13. The minimum Gasteiger partial charge on any atom is -0.358 e. The molecule has 27 heavy (non-hydrogen) atoms. The van der Waals surface area contributed by atoms with Crippen molar-refractivity contribution in [3.05, 3.63) is 65.4 Å². The van der Waals surface area contributed by atoms with Gasteiger partial charge in [-0.2, -0.15) is 4.31 Å². The molecule has 3 aromatic rings. The Morgan fingerprint density at radius 1 is 0.963 bits per heavy atom. The zero-order chi connectivity index (χ0) is 18.4. The summed E-state index contributed by atoms with van der Waals surface area (Å²) >= 11 is 0. The van der Waals surface area contributed by atoms with Gasteiger partial charge in [0.2, 0.25) is 10.0 Å². The van der Waals surface area contributed by atoms with Crippen LogP contribution in [-0.2, 0) is 22.9 Å². The number of hydrogen-bond donors (Lipinski definition) is 1. The molecule has 140 valence electrons. The van der Waals surface area contributed by atoms with Crippen LogP contribution >= 0.6 is 0 Å². The van der Waals surface area contributed by atoms with Gasteiger partial charge in [-0.15, -0.1) is 0 Å². The van der Waals surface area contributed by atoms with E-state index in [0.29, 0.717) is 18.0 Å². The summed E-state index contributed by atoms with van der Waals surface area (Å²) in [5, 5.41) is 1.18. The molecule has 2 aliphatic rings. The van der Waals surface area contributed by atoms with Crippen molar-refractivity contribution in [2.24, 2.45) is 0 Å². The number of benzene rings is 2. The molecule has 1 fully saturated rings. The number of H-pyrrole nitrogens is 1. The van der Waals surface area contributed by atoms with Gasteiger partial charge in [-0.3, -0.25) is 0 Å². The summed E-state index contributed by atoms with van der Waals surface area (Å²) in [6, 6.07) is 16.1. The Hall–Kier alpha value is -2.11. The van der Waals surface area contributed by atoms with Gasteiger partial charge in [-0.25, -0.2) is 8.42 Å². The molecule has 1 aromatic heterocycles. The smallest absolute Gasteiger partial charge is 0.243 e. The van der Waals surface area contributed by atoms with E-state index in [1.54, 1.807) is 10.4 Å². The molecule has 1 aliphatic carbocycles. The molecule has 4 nitrogen and oxygen atoms in total. The Kier molecular flexibility index (Phi) is 4.10. The first-order valence-electron chi connectivity index (χ1n) is 9.81. The highest BCUT2D eigenvalue weighted by Gasteiger charge is 2.34. The van der Waals surface area contributed by atoms with Crippen LogP contribution in [0.3, 0.4) is 0 Å². The number of aryl methyl sites for hydroxylation is 2. The van der Waals surface area contributed by atoms with Gasteiger partial charge in [0, 0.05) is 30.2 Å². The van der Waals surface area contributed by atoms with Crippen LogP contribution in [0.25, 0.3) is 10.9 Å². The van der Waals surface area contributed by atoms with Gasteiger partial charge in [0.1, 0.15) is 0 Å². The molecule has 2 heterocycles. The number of rotatable bonds is 3. The summed E-state index contributed by atoms with van der Waals surface area (Å²) in [6.07, 6.45) is 5.29. The van der Waals surface area contributed by atoms with Crippen molar-refractivity contribution in [1.82, 2.24) is 9.29 Å². The van der Waals surface area contributed by atoms with E-state index in [4.69, 9.17) is 0 Å². The minimum absolute atomic E-state index is 0.227. The van der Waals surface area contributed by atoms with Crippen molar-refractivity contribution in [3.63, 3.8) is 0 Å². The molecule has 0 radical (unpaired) electrons. The number of sulfonamides is 1. The highest BCUT2D eigenvalue weighted by molar-refractivity contribution is 7.89. The van der Waals surface area contributed by atoms with Gasteiger partial charge < -0.3 is 4.98 Å². The average molecular weight is 381 g/mol. The molecule has 5 rings (SSSR count). The highest BCUT2D eigenvalue weighted by Crippen LogP contribution is 2.33. The van der Waals surface area contributed by atoms with Gasteiger partial charge >= 0.3 is 0 Å². The molecule has 1 saturated heterocycles. The Morgan fingerprint density at radius 3 is 2.63 bits per heavy atom. The lowest BCUT2D eigenvalue weighted by molar-refractivity contribution is 0.472. The number of aromatic nitrogens is 1. The molecule has 1 aliphatic heterocycles. The van der Waals surface area contributed by atoms with Crippen molar-refractivity contribution in [2.45, 2.75) is 42.9 Å². The molecule has 0 amide bonds. The summed E-state index contributed by atoms with van der Waals surface area (Å²) in [7, 11) is -3.42. The van der Waals surface area contributed by atoms with Crippen molar-refractivity contribution in [2.75, 3.05) is 13.1 Å². The SMILES string of the molecule is O=S(=O)(c1ccc2c(c1)CCCC2)N1CCC(c2cc3ccccc3[nH]2)C1. The second-order valence-corrected chi connectivity index (χ2v) is 9.74. The number of fused-ring (bicyclic) bond motifs is 2. The van der Waals surface area contributed by atoms with Crippen LogP contribution in [-0.4, -0.2) is 30.8 Å². The fraction of sp³-hybridized carbons (Fsp3) is 0.364. The summed E-state index contributed by atoms with van der Waals surface area (Å²) in [5.41, 5.74) is 4.79. The predicted octanol–water partition coefficient (Wildman–Crippen LogP) is 4.22. The predicted molar refractivity (Wildman–Crippen MR) is 107 cm³/mol. The third-order valence-electron chi connectivity index (χ3n) is 6.10. The fourth-order valence-electron chi connectivity index (χ4n) is 4.54. The maximum Gasteiger partial charge on any atom is 0.243 e. The lowest BCUT2D eigenvalue weighted by atomic mass is 9.92. The number of nitrogens with one attached hydrogen (secondary N) is 1. The zero-order valence-corrected chi connectivity index (χ0v) is 16.1. The largest absolute Gasteiger partial charge is 0.358 e. The van der Waals surface area contributed by atoms with E-state index in [1.807, 2.05) is 24.3 Å². The molecule has 1 N–H and O–H groups in total. The molecule has 0 bridgehead atoms. The highest BCUT2D eigenvalue weighted by atomic mass is 32.2. The van der Waals surface area contributed by atoms with E-state index < -0.39 is 10.0 Å². The molecule has 1 atom stereocenters. The Balaban J connectivity index is 1.40. The summed E-state index contributed by atoms with van der Waals surface area (Å²) < 4.78 is 28.0. The quantitative estimate of drug-likeness (QED) is 0.739. The van der Waals surface area contributed by atoms with Crippen molar-refractivity contribution in [1.29, 1.82) is 0 Å². The van der Waals surface area contributed by atoms with Crippen LogP contribution < -0.4 is 0 Å². The summed E-state index contributed by atoms with van der Waals surface area (Å²) in [5.74, 6) is 0.227. The third-order valence-corrected chi connectivity index (χ3v) is 7.96. The second kappa shape index (κ2) is 6.50. The van der Waals surface area contributed by atoms with Gasteiger partial charge in [-0.1, -0.05) is 24.3 Å². The van der Waals surface area contributed by atoms with Gasteiger partial charge in [0.25, 0.3) is 0 Å². The molecule has 1 unspecified atom stereocenters. The molecule has 0 spiro atoms. The fourth-order valence-corrected chi connectivity index (χ4v) is 6.09. The lowest BCUT2D eigenvalue weighted by Crippen LogP contribution is -2.29. The van der Waals surface area contributed by atoms with E-state index in [9.17, 15) is 8.42 Å². The van der Waals surface area contributed by atoms with E-state index in [2.05, 4.69) is 23.2 Å². The van der Waals surface area contributed by atoms with Gasteiger partial charge in [-0.05, 0) is 72.9 Å². The van der Waals surface area contributed by atoms with E-state index in [0.717, 1.165) is 36.9 Å². The molecular formula is C22H24N2O2S. The molecule has 0 saturated carbocycles. The molecule has 2 aromatic carbocycles. The molecular weight excluding hydrogens is 356 g/mol. The van der Waals surface area contributed by atoms with Crippen molar-refractivity contribution in [3.8, 4) is 0 Å².